The molecule has 0 radical (unpaired) electrons. The number of anilines is 2. The fourth-order valence-electron chi connectivity index (χ4n) is 5.92. The van der Waals surface area contributed by atoms with E-state index in [1.54, 1.807) is 36.5 Å². The highest BCUT2D eigenvalue weighted by molar-refractivity contribution is 7.74. The van der Waals surface area contributed by atoms with Crippen LogP contribution in [-0.2, 0) is 16.8 Å². The minimum Gasteiger partial charge on any atom is -0.487 e. The first kappa shape index (κ1) is 41.0. The maximum absolute atomic E-state index is 12.7. The van der Waals surface area contributed by atoms with E-state index in [0.29, 0.717) is 42.0 Å². The Balaban J connectivity index is 1.16. The Labute approximate surface area is 330 Å². The number of amides is 1. The molecule has 1 heterocycles. The molecule has 288 valence electrons. The first-order valence-corrected chi connectivity index (χ1v) is 18.5. The van der Waals surface area contributed by atoms with Crippen molar-refractivity contribution in [1.82, 2.24) is 9.97 Å². The number of hydrogen-bond donors (Lipinski definition) is 4. The SMILES string of the molecule is CCC(C)C(=O)c1ccc(NC(=O)OC2CC(Oc3c(Cl)cc(C(C)(C)c4ccc(OCc5ccnc(N[N+](C)(O)S)n5)cc4)cc3C#N)C2)cc1C(C)=O. The summed E-state index contributed by atoms with van der Waals surface area (Å²) in [6.45, 7) is 9.33. The largest absolute Gasteiger partial charge is 0.487 e. The molecule has 1 fully saturated rings. The van der Waals surface area contributed by atoms with Crippen LogP contribution in [0.25, 0.3) is 0 Å². The van der Waals surface area contributed by atoms with Gasteiger partial charge in [0.15, 0.2) is 17.3 Å². The van der Waals surface area contributed by atoms with Crippen molar-refractivity contribution in [3.8, 4) is 17.6 Å². The number of benzene rings is 3. The number of halogens is 1. The van der Waals surface area contributed by atoms with Crippen molar-refractivity contribution in [1.29, 1.82) is 5.26 Å². The fourth-order valence-corrected chi connectivity index (χ4v) is 6.28. The molecule has 4 aromatic rings. The smallest absolute Gasteiger partial charge is 0.411 e. The van der Waals surface area contributed by atoms with Gasteiger partial charge in [-0.1, -0.05) is 51.4 Å². The number of aromatic nitrogens is 2. The van der Waals surface area contributed by atoms with Gasteiger partial charge in [0.25, 0.3) is 5.95 Å². The highest BCUT2D eigenvalue weighted by Crippen LogP contribution is 2.40. The molecule has 1 aliphatic rings. The molecule has 3 aromatic carbocycles. The molecule has 0 aliphatic heterocycles. The van der Waals surface area contributed by atoms with Crippen LogP contribution in [0.3, 0.4) is 0 Å². The highest BCUT2D eigenvalue weighted by atomic mass is 35.5. The summed E-state index contributed by atoms with van der Waals surface area (Å²) in [5, 5.41) is 22.8. The molecule has 3 N–H and O–H groups in total. The van der Waals surface area contributed by atoms with Crippen LogP contribution in [0.15, 0.2) is 66.9 Å². The number of nitrogens with zero attached hydrogens (tertiary/aromatic N) is 4. The van der Waals surface area contributed by atoms with Crippen LogP contribution < -0.4 is 20.2 Å². The molecule has 0 spiro atoms. The third-order valence-corrected chi connectivity index (χ3v) is 9.83. The van der Waals surface area contributed by atoms with Crippen LogP contribution in [-0.4, -0.2) is 56.3 Å². The van der Waals surface area contributed by atoms with Crippen LogP contribution in [0.5, 0.6) is 11.5 Å². The molecule has 1 amide bonds. The number of carbonyl (C=O) groups excluding carboxylic acids is 3. The molecule has 5 rings (SSSR count). The van der Waals surface area contributed by atoms with E-state index in [-0.39, 0.29) is 58.0 Å². The van der Waals surface area contributed by atoms with Crippen molar-refractivity contribution >= 4 is 53.7 Å². The monoisotopic (exact) mass is 787 g/mol. The van der Waals surface area contributed by atoms with Crippen LogP contribution in [0.1, 0.15) is 97.0 Å². The number of hydrogen-bond acceptors (Lipinski definition) is 12. The Hall–Kier alpha value is -5.20. The molecule has 2 unspecified atom stereocenters. The average Bonchev–Trinajstić information content (AvgIpc) is 3.12. The van der Waals surface area contributed by atoms with Gasteiger partial charge in [-0.15, -0.1) is 0 Å². The first-order valence-electron chi connectivity index (χ1n) is 17.7. The van der Waals surface area contributed by atoms with Crippen LogP contribution in [0.4, 0.5) is 16.4 Å². The zero-order chi connectivity index (χ0) is 40.1. The van der Waals surface area contributed by atoms with Crippen LogP contribution in [0.2, 0.25) is 5.02 Å². The molecule has 1 saturated carbocycles. The zero-order valence-corrected chi connectivity index (χ0v) is 33.1. The molecule has 0 saturated heterocycles. The Bertz CT molecular complexity index is 2110. The van der Waals surface area contributed by atoms with E-state index < -0.39 is 21.8 Å². The van der Waals surface area contributed by atoms with E-state index in [4.69, 9.17) is 25.8 Å². The topological polar surface area (TPSA) is 173 Å². The van der Waals surface area contributed by atoms with Gasteiger partial charge in [0.2, 0.25) is 0 Å². The third-order valence-electron chi connectivity index (χ3n) is 9.45. The minimum absolute atomic E-state index is 0.121. The Morgan fingerprint density at radius 2 is 1.78 bits per heavy atom. The van der Waals surface area contributed by atoms with Crippen LogP contribution >= 0.6 is 24.4 Å². The average molecular weight is 788 g/mol. The lowest BCUT2D eigenvalue weighted by Gasteiger charge is -2.35. The summed E-state index contributed by atoms with van der Waals surface area (Å²) in [7, 11) is 1.40. The van der Waals surface area contributed by atoms with Gasteiger partial charge in [-0.3, -0.25) is 14.9 Å². The van der Waals surface area contributed by atoms with E-state index in [1.165, 1.54) is 20.0 Å². The number of ether oxygens (including phenoxy) is 3. The summed E-state index contributed by atoms with van der Waals surface area (Å²) < 4.78 is 16.8. The Kier molecular flexibility index (Phi) is 12.7. The standard InChI is InChI=1S/C40H43ClN6O7S/c1-7-23(2)36(49)33-13-10-28(18-34(33)24(3)48)45-39(50)54-32-19-31(20-32)53-37-25(21-42)16-27(17-35(37)41)40(4,5)26-8-11-30(12-9-26)52-22-29-14-15-43-38(44-29)46-47(6,51)55/h8-18,23,31-32,51,55H,7,19-20,22H2,1-6H3,(H-,43,44,45,46,49,50)/p+1. The summed E-state index contributed by atoms with van der Waals surface area (Å²) in [6, 6.07) is 19.7. The van der Waals surface area contributed by atoms with E-state index in [1.807, 2.05) is 52.0 Å². The quantitative estimate of drug-likeness (QED) is 0.0394. The predicted molar refractivity (Wildman–Crippen MR) is 209 cm³/mol. The van der Waals surface area contributed by atoms with E-state index in [0.717, 1.165) is 11.1 Å². The number of thiol groups is 1. The Morgan fingerprint density at radius 3 is 2.42 bits per heavy atom. The second kappa shape index (κ2) is 17.1. The summed E-state index contributed by atoms with van der Waals surface area (Å²) >= 11 is 10.7. The van der Waals surface area contributed by atoms with E-state index >= 15 is 0 Å². The van der Waals surface area contributed by atoms with Gasteiger partial charge in [-0.05, 0) is 77.2 Å². The van der Waals surface area contributed by atoms with Gasteiger partial charge in [0.1, 0.15) is 50.5 Å². The van der Waals surface area contributed by atoms with Crippen molar-refractivity contribution in [3.63, 3.8) is 0 Å². The molecule has 0 bridgehead atoms. The van der Waals surface area contributed by atoms with E-state index in [9.17, 15) is 24.9 Å². The number of Topliss-reactive ketones (excluding diaryl/α,β-unsaturated/α-hetero) is 2. The second-order valence-corrected chi connectivity index (χ2v) is 15.3. The highest BCUT2D eigenvalue weighted by Gasteiger charge is 2.36. The lowest BCUT2D eigenvalue weighted by atomic mass is 9.77. The van der Waals surface area contributed by atoms with Gasteiger partial charge >= 0.3 is 6.09 Å². The molecule has 2 atom stereocenters. The van der Waals surface area contributed by atoms with Gasteiger partial charge in [-0.25, -0.2) is 14.8 Å². The number of ketones is 2. The van der Waals surface area contributed by atoms with Gasteiger partial charge in [-0.2, -0.15) is 15.9 Å². The number of quaternary nitrogens is 1. The van der Waals surface area contributed by atoms with Gasteiger partial charge in [0, 0.05) is 47.2 Å². The van der Waals surface area contributed by atoms with Crippen molar-refractivity contribution < 1.29 is 38.0 Å². The van der Waals surface area contributed by atoms with Gasteiger partial charge < -0.3 is 14.2 Å². The lowest BCUT2D eigenvalue weighted by molar-refractivity contribution is -0.955. The predicted octanol–water partition coefficient (Wildman–Crippen LogP) is 8.50. The van der Waals surface area contributed by atoms with E-state index in [2.05, 4.69) is 39.6 Å². The first-order chi connectivity index (χ1) is 26.0. The summed E-state index contributed by atoms with van der Waals surface area (Å²) in [5.74, 6) is 0.453. The number of carbonyl (C=O) groups is 3. The third kappa shape index (κ3) is 10.3. The van der Waals surface area contributed by atoms with Crippen molar-refractivity contribution in [2.75, 3.05) is 17.8 Å². The molecule has 55 heavy (non-hydrogen) atoms. The molecular formula is C40H44ClN6O7S+. The molecule has 13 nitrogen and oxygen atoms in total. The number of rotatable bonds is 15. The molecule has 15 heteroatoms. The summed E-state index contributed by atoms with van der Waals surface area (Å²) in [6.07, 6.45) is 1.53. The maximum atomic E-state index is 12.7. The van der Waals surface area contributed by atoms with Crippen LogP contribution in [0, 0.1) is 17.2 Å². The molecular weight excluding hydrogens is 744 g/mol. The Morgan fingerprint density at radius 1 is 1.07 bits per heavy atom. The number of nitrogens with one attached hydrogen (secondary N) is 2. The van der Waals surface area contributed by atoms with Crippen molar-refractivity contribution in [2.24, 2.45) is 5.92 Å². The summed E-state index contributed by atoms with van der Waals surface area (Å²) in [5.41, 5.74) is 5.65. The van der Waals surface area contributed by atoms with Crippen molar-refractivity contribution in [3.05, 3.63) is 105 Å². The number of hydroxylamine groups is 1. The molecule has 1 aliphatic carbocycles. The normalized spacial score (nSPS) is 16.7. The maximum Gasteiger partial charge on any atom is 0.411 e. The van der Waals surface area contributed by atoms with Gasteiger partial charge in [0.05, 0.1) is 16.3 Å². The fraction of sp³-hybridized carbons (Fsp3) is 0.350. The lowest BCUT2D eigenvalue weighted by Crippen LogP contribution is -2.41. The minimum atomic E-state index is -0.828. The number of nitriles is 1. The second-order valence-electron chi connectivity index (χ2n) is 14.1. The van der Waals surface area contributed by atoms with Crippen molar-refractivity contribution in [2.45, 2.75) is 78.1 Å². The zero-order valence-electron chi connectivity index (χ0n) is 31.4. The summed E-state index contributed by atoms with van der Waals surface area (Å²) in [4.78, 5) is 46.1. The molecule has 1 aromatic heterocycles.